The van der Waals surface area contributed by atoms with Crippen LogP contribution in [0.1, 0.15) is 22.3 Å². The number of phenolic OH excluding ortho intramolecular Hbond substituents is 2. The normalized spacial score (nSPS) is 9.27. The number of rotatable bonds is 30. The van der Waals surface area contributed by atoms with Crippen molar-refractivity contribution in [2.24, 2.45) is 0 Å². The van der Waals surface area contributed by atoms with E-state index < -0.39 is 0 Å². The molecule has 4 rings (SSSR count). The largest absolute Gasteiger partial charge is 1.00 e. The molecule has 0 aliphatic heterocycles. The molecular weight excluding hydrogens is 1350 g/mol. The number of aldehydes is 4. The van der Waals surface area contributed by atoms with Crippen LogP contribution < -0.4 is 141 Å². The van der Waals surface area contributed by atoms with Crippen LogP contribution in [0.4, 0.5) is 0 Å². The Bertz CT molecular complexity index is 2420. The molecule has 0 fully saturated rings. The first-order valence-electron chi connectivity index (χ1n) is 22.9. The van der Waals surface area contributed by atoms with Crippen LogP contribution >= 0.6 is 45.2 Å². The Morgan fingerprint density at radius 3 is 1.06 bits per heavy atom. The maximum atomic E-state index is 10.4. The van der Waals surface area contributed by atoms with Gasteiger partial charge >= 0.3 is 103 Å². The van der Waals surface area contributed by atoms with Gasteiger partial charge in [0.15, 0.2) is 46.0 Å². The minimum absolute atomic E-state index is 0. The van der Waals surface area contributed by atoms with Crippen LogP contribution in [0.2, 0.25) is 0 Å². The molecule has 24 heteroatoms. The zero-order chi connectivity index (χ0) is 58.6. The Kier molecular flexibility index (Phi) is 67.4. The van der Waals surface area contributed by atoms with Gasteiger partial charge in [0.2, 0.25) is 11.5 Å². The summed E-state index contributed by atoms with van der Waals surface area (Å²) in [6.45, 7) is 16.8. The standard InChI is InChI=1S/C15H18O5.C14H16O4.C11H12O4.C10H10O3.2C4H7IO.2K.2H2O/c1-4-19-8-9-20-15-13(17-2)10-12(6-5-7-16)11-14(15)18-3;1-3-17-9-10-18-13-7-6-12(5-4-8-15)11-14(13)16-2;1-14-9-6-8(4-3-5-12)7-10(15-2)11(9)13;1-13-10-7-8(3-2-6-11)4-5-9(10)12;2*1-2-6-4-3-5;;;;/h4-7,10-11H,1,8-9H2,2-3H3;3-8,11H,1,9-10H2,2H3;3-7,13H,1-2H3;2-7,12H,1H3;2*2H,1,3-4H2;;;2*1H2/q;;;;;;2*+1;;/p-2/b6-5+;5-4+;4-3+;3-2+;;;;;;. The van der Waals surface area contributed by atoms with Gasteiger partial charge < -0.3 is 78.0 Å². The molecule has 0 radical (unpaired) electrons. The van der Waals surface area contributed by atoms with Crippen LogP contribution in [-0.2, 0) is 38.1 Å². The van der Waals surface area contributed by atoms with Crippen LogP contribution in [0.25, 0.3) is 24.3 Å². The molecule has 440 valence electrons. The number of carbonyl (C=O) groups excluding carboxylic acids is 4. The van der Waals surface area contributed by atoms with Crippen molar-refractivity contribution in [2.45, 2.75) is 0 Å². The van der Waals surface area contributed by atoms with Crippen molar-refractivity contribution in [1.82, 2.24) is 0 Å². The summed E-state index contributed by atoms with van der Waals surface area (Å²) in [7, 11) is 9.01. The van der Waals surface area contributed by atoms with E-state index in [1.54, 1.807) is 79.9 Å². The molecule has 0 aromatic heterocycles. The van der Waals surface area contributed by atoms with E-state index >= 15 is 0 Å². The number of methoxy groups -OCH3 is 6. The van der Waals surface area contributed by atoms with Crippen molar-refractivity contribution < 1.29 is 200 Å². The fraction of sp³-hybridized carbons (Fsp3) is 0.241. The molecule has 4 aromatic rings. The molecule has 0 bridgehead atoms. The molecule has 0 spiro atoms. The SMILES string of the molecule is C=COCCI.C=COCCI.C=COCCOc1c(OC)cc(/C=C/C=O)cc1OC.C=COCCOc1ccc(/C=C/C=O)cc1OC.COc1cc(/C=C/C=O)cc(OC)c1O.COc1cc(/C=C/C=O)ccc1O.[K+].[K+].[OH-].[OH-]. The maximum Gasteiger partial charge on any atom is 1.00 e. The summed E-state index contributed by atoms with van der Waals surface area (Å²) in [5, 5.41) is 18.8. The van der Waals surface area contributed by atoms with Crippen LogP contribution in [0, 0.1) is 0 Å². The van der Waals surface area contributed by atoms with Gasteiger partial charge in [0.25, 0.3) is 0 Å². The van der Waals surface area contributed by atoms with E-state index in [1.807, 2.05) is 6.07 Å². The minimum Gasteiger partial charge on any atom is -0.870 e. The molecule has 0 unspecified atom stereocenters. The number of halogens is 2. The van der Waals surface area contributed by atoms with E-state index in [1.165, 1.54) is 91.0 Å². The monoisotopic (exact) mass is 1420 g/mol. The number of benzene rings is 4. The predicted octanol–water partition coefficient (Wildman–Crippen LogP) is 4.95. The summed E-state index contributed by atoms with van der Waals surface area (Å²) >= 11 is 4.48. The minimum atomic E-state index is -0.0525. The Balaban J connectivity index is -0.000000218. The topological polar surface area (TPSA) is 280 Å². The number of aromatic hydroxyl groups is 2. The third kappa shape index (κ3) is 42.2. The first-order chi connectivity index (χ1) is 37.9. The summed E-state index contributed by atoms with van der Waals surface area (Å²) < 4.78 is 63.1. The number of carbonyl (C=O) groups is 4. The maximum absolute atomic E-state index is 10.4. The molecule has 0 saturated heterocycles. The quantitative estimate of drug-likeness (QED) is 0.0133. The van der Waals surface area contributed by atoms with Gasteiger partial charge in [-0.3, -0.25) is 19.2 Å². The fourth-order valence-electron chi connectivity index (χ4n) is 5.27. The van der Waals surface area contributed by atoms with Crippen LogP contribution in [0.15, 0.2) is 136 Å². The number of phenols is 2. The second-order valence-electron chi connectivity index (χ2n) is 13.6. The van der Waals surface area contributed by atoms with Crippen molar-refractivity contribution in [3.05, 3.63) is 159 Å². The summed E-state index contributed by atoms with van der Waals surface area (Å²) in [4.78, 5) is 40.8. The zero-order valence-corrected chi connectivity index (χ0v) is 58.1. The van der Waals surface area contributed by atoms with Crippen LogP contribution in [0.3, 0.4) is 0 Å². The number of ether oxygens (including phenoxy) is 12. The van der Waals surface area contributed by atoms with Gasteiger partial charge in [-0.1, -0.05) is 108 Å². The van der Waals surface area contributed by atoms with E-state index in [4.69, 9.17) is 56.8 Å². The summed E-state index contributed by atoms with van der Waals surface area (Å²) in [6.07, 6.45) is 20.6. The zero-order valence-electron chi connectivity index (χ0n) is 47.6. The molecule has 20 nitrogen and oxygen atoms in total. The summed E-state index contributed by atoms with van der Waals surface area (Å²) in [5.74, 6) is 3.82. The van der Waals surface area contributed by atoms with Crippen molar-refractivity contribution in [3.63, 3.8) is 0 Å². The molecular formula is C58H72I2K2O20. The van der Waals surface area contributed by atoms with Gasteiger partial charge in [-0.25, -0.2) is 0 Å². The van der Waals surface area contributed by atoms with Crippen molar-refractivity contribution >= 4 is 94.6 Å². The second-order valence-corrected chi connectivity index (χ2v) is 15.7. The Labute approximate surface area is 593 Å². The number of hydrogen-bond acceptors (Lipinski definition) is 20. The average molecular weight is 1420 g/mol. The Morgan fingerprint density at radius 1 is 0.402 bits per heavy atom. The van der Waals surface area contributed by atoms with Crippen LogP contribution in [0.5, 0.6) is 57.5 Å². The van der Waals surface area contributed by atoms with E-state index in [9.17, 15) is 29.4 Å². The van der Waals surface area contributed by atoms with Gasteiger partial charge in [0.05, 0.1) is 80.9 Å². The van der Waals surface area contributed by atoms with Crippen molar-refractivity contribution in [2.75, 3.05) is 91.2 Å². The summed E-state index contributed by atoms with van der Waals surface area (Å²) in [5.41, 5.74) is 3.17. The van der Waals surface area contributed by atoms with Gasteiger partial charge in [-0.15, -0.1) is 0 Å². The molecule has 4 aromatic carbocycles. The van der Waals surface area contributed by atoms with Gasteiger partial charge in [0, 0.05) is 8.86 Å². The molecule has 0 aliphatic carbocycles. The number of hydrogen-bond donors (Lipinski definition) is 2. The van der Waals surface area contributed by atoms with Crippen molar-refractivity contribution in [3.8, 4) is 57.5 Å². The average Bonchev–Trinajstić information content (AvgIpc) is 3.49. The first kappa shape index (κ1) is 88.6. The van der Waals surface area contributed by atoms with Gasteiger partial charge in [-0.2, -0.15) is 0 Å². The van der Waals surface area contributed by atoms with E-state index in [0.717, 1.165) is 45.0 Å². The molecule has 0 aliphatic rings. The van der Waals surface area contributed by atoms with E-state index in [0.29, 0.717) is 96.8 Å². The molecule has 0 heterocycles. The van der Waals surface area contributed by atoms with E-state index in [-0.39, 0.29) is 125 Å². The van der Waals surface area contributed by atoms with Gasteiger partial charge in [0.1, 0.15) is 51.6 Å². The number of allylic oxidation sites excluding steroid dienone is 4. The second kappa shape index (κ2) is 62.4. The summed E-state index contributed by atoms with van der Waals surface area (Å²) in [6, 6.07) is 17.0. The molecule has 0 amide bonds. The number of alkyl halides is 2. The van der Waals surface area contributed by atoms with Crippen LogP contribution in [-0.4, -0.2) is 137 Å². The predicted molar refractivity (Wildman–Crippen MR) is 326 cm³/mol. The Morgan fingerprint density at radius 2 is 0.720 bits per heavy atom. The molecule has 4 N–H and O–H groups in total. The van der Waals surface area contributed by atoms with Gasteiger partial charge in [-0.05, 0) is 95.1 Å². The fourth-order valence-corrected chi connectivity index (χ4v) is 5.78. The third-order valence-electron chi connectivity index (χ3n) is 8.61. The molecule has 82 heavy (non-hydrogen) atoms. The smallest absolute Gasteiger partial charge is 0.870 e. The first-order valence-corrected chi connectivity index (χ1v) is 26.0. The van der Waals surface area contributed by atoms with Crippen molar-refractivity contribution in [1.29, 1.82) is 0 Å². The molecule has 0 atom stereocenters. The Hall–Kier alpha value is -4.67. The van der Waals surface area contributed by atoms with E-state index in [2.05, 4.69) is 71.5 Å². The molecule has 0 saturated carbocycles. The third-order valence-corrected chi connectivity index (χ3v) is 9.49.